The third-order valence-electron chi connectivity index (χ3n) is 3.95. The second-order valence-electron chi connectivity index (χ2n) is 5.76. The van der Waals surface area contributed by atoms with Gasteiger partial charge < -0.3 is 15.8 Å². The first kappa shape index (κ1) is 17.0. The maximum Gasteiger partial charge on any atom is 0.224 e. The first-order chi connectivity index (χ1) is 11.0. The molecule has 2 unspecified atom stereocenters. The largest absolute Gasteiger partial charge is 0.497 e. The number of nitrogens with two attached hydrogens (primary N) is 1. The van der Waals surface area contributed by atoms with Gasteiger partial charge in [-0.25, -0.2) is 0 Å². The summed E-state index contributed by atoms with van der Waals surface area (Å²) in [7, 11) is 1.64. The van der Waals surface area contributed by atoms with E-state index in [2.05, 4.69) is 5.32 Å². The van der Waals surface area contributed by atoms with Gasteiger partial charge in [0.2, 0.25) is 5.91 Å². The van der Waals surface area contributed by atoms with E-state index in [0.29, 0.717) is 6.54 Å². The molecule has 1 amide bonds. The number of ether oxygens (including phenoxy) is 1. The van der Waals surface area contributed by atoms with E-state index in [-0.39, 0.29) is 17.9 Å². The predicted octanol–water partition coefficient (Wildman–Crippen LogP) is 2.80. The van der Waals surface area contributed by atoms with Crippen LogP contribution >= 0.6 is 0 Å². The van der Waals surface area contributed by atoms with Crippen molar-refractivity contribution in [2.75, 3.05) is 13.7 Å². The van der Waals surface area contributed by atoms with E-state index in [1.54, 1.807) is 7.11 Å². The van der Waals surface area contributed by atoms with E-state index in [1.807, 2.05) is 62.4 Å². The summed E-state index contributed by atoms with van der Waals surface area (Å²) >= 11 is 0. The van der Waals surface area contributed by atoms with Crippen LogP contribution in [-0.4, -0.2) is 19.6 Å². The number of rotatable bonds is 6. The molecular weight excluding hydrogens is 288 g/mol. The Hall–Kier alpha value is -2.33. The smallest absolute Gasteiger partial charge is 0.224 e. The van der Waals surface area contributed by atoms with E-state index in [9.17, 15) is 4.79 Å². The zero-order valence-corrected chi connectivity index (χ0v) is 13.9. The van der Waals surface area contributed by atoms with E-state index in [0.717, 1.165) is 16.9 Å². The Morgan fingerprint density at radius 1 is 1.09 bits per heavy atom. The highest BCUT2D eigenvalue weighted by Crippen LogP contribution is 2.25. The maximum atomic E-state index is 12.3. The molecule has 0 radical (unpaired) electrons. The fourth-order valence-electron chi connectivity index (χ4n) is 2.31. The molecule has 0 aromatic heterocycles. The molecule has 122 valence electrons. The number of carbonyl (C=O) groups is 1. The highest BCUT2D eigenvalue weighted by molar-refractivity contribution is 5.79. The van der Waals surface area contributed by atoms with Gasteiger partial charge in [-0.3, -0.25) is 4.79 Å². The molecule has 0 saturated carbocycles. The van der Waals surface area contributed by atoms with Gasteiger partial charge in [0.05, 0.1) is 13.2 Å². The summed E-state index contributed by atoms with van der Waals surface area (Å²) in [5.74, 6) is 0.521. The van der Waals surface area contributed by atoms with Crippen molar-refractivity contribution < 1.29 is 9.53 Å². The van der Waals surface area contributed by atoms with Crippen molar-refractivity contribution in [3.8, 4) is 5.75 Å². The summed E-state index contributed by atoms with van der Waals surface area (Å²) in [4.78, 5) is 12.3. The van der Waals surface area contributed by atoms with E-state index >= 15 is 0 Å². The summed E-state index contributed by atoms with van der Waals surface area (Å²) in [5, 5.41) is 3.10. The Morgan fingerprint density at radius 3 is 2.09 bits per heavy atom. The summed E-state index contributed by atoms with van der Waals surface area (Å²) < 4.78 is 5.20. The number of carbonyl (C=O) groups excluding carboxylic acids is 1. The fraction of sp³-hybridized carbons (Fsp3) is 0.316. The molecule has 0 saturated heterocycles. The van der Waals surface area contributed by atoms with Crippen LogP contribution in [0.2, 0.25) is 0 Å². The quantitative estimate of drug-likeness (QED) is 0.862. The van der Waals surface area contributed by atoms with Crippen LogP contribution in [0.1, 0.15) is 29.7 Å². The lowest BCUT2D eigenvalue weighted by molar-refractivity contribution is -0.124. The summed E-state index contributed by atoms with van der Waals surface area (Å²) in [6.45, 7) is 4.20. The van der Waals surface area contributed by atoms with Gasteiger partial charge >= 0.3 is 0 Å². The molecule has 0 bridgehead atoms. The Morgan fingerprint density at radius 2 is 1.61 bits per heavy atom. The molecule has 2 rings (SSSR count). The van der Waals surface area contributed by atoms with Crippen LogP contribution in [0.3, 0.4) is 0 Å². The molecule has 2 atom stereocenters. The van der Waals surface area contributed by atoms with Gasteiger partial charge in [0.15, 0.2) is 0 Å². The molecule has 0 aliphatic carbocycles. The molecule has 2 aromatic rings. The van der Waals surface area contributed by atoms with E-state index in [1.165, 1.54) is 5.56 Å². The minimum Gasteiger partial charge on any atom is -0.497 e. The lowest BCUT2D eigenvalue weighted by Gasteiger charge is -2.22. The second-order valence-corrected chi connectivity index (χ2v) is 5.76. The SMILES string of the molecule is COc1ccc(C(NC(=O)C(C)CN)c2ccc(C)cc2)cc1. The zero-order chi connectivity index (χ0) is 16.8. The summed E-state index contributed by atoms with van der Waals surface area (Å²) in [6.07, 6.45) is 0. The molecule has 0 heterocycles. The minimum atomic E-state index is -0.221. The lowest BCUT2D eigenvalue weighted by atomic mass is 9.97. The number of hydrogen-bond donors (Lipinski definition) is 2. The van der Waals surface area contributed by atoms with Crippen molar-refractivity contribution in [3.05, 3.63) is 65.2 Å². The fourth-order valence-corrected chi connectivity index (χ4v) is 2.31. The Bertz CT molecular complexity index is 635. The number of amides is 1. The normalized spacial score (nSPS) is 13.2. The van der Waals surface area contributed by atoms with Gasteiger partial charge in [0, 0.05) is 12.5 Å². The van der Waals surface area contributed by atoms with Gasteiger partial charge in [-0.05, 0) is 30.2 Å². The maximum absolute atomic E-state index is 12.3. The van der Waals surface area contributed by atoms with Crippen LogP contribution < -0.4 is 15.8 Å². The van der Waals surface area contributed by atoms with Crippen molar-refractivity contribution in [1.82, 2.24) is 5.32 Å². The topological polar surface area (TPSA) is 64.3 Å². The van der Waals surface area contributed by atoms with E-state index in [4.69, 9.17) is 10.5 Å². The highest BCUT2D eigenvalue weighted by Gasteiger charge is 2.20. The van der Waals surface area contributed by atoms with Gasteiger partial charge in [-0.2, -0.15) is 0 Å². The van der Waals surface area contributed by atoms with Gasteiger partial charge in [0.1, 0.15) is 5.75 Å². The minimum absolute atomic E-state index is 0.0473. The first-order valence-corrected chi connectivity index (χ1v) is 7.76. The molecule has 2 aromatic carbocycles. The molecular formula is C19H24N2O2. The average molecular weight is 312 g/mol. The van der Waals surface area contributed by atoms with Crippen LogP contribution in [0.5, 0.6) is 5.75 Å². The van der Waals surface area contributed by atoms with Crippen LogP contribution in [0.25, 0.3) is 0 Å². The molecule has 0 aliphatic rings. The Labute approximate surface area is 137 Å². The number of benzene rings is 2. The van der Waals surface area contributed by atoms with Crippen LogP contribution in [0.15, 0.2) is 48.5 Å². The highest BCUT2D eigenvalue weighted by atomic mass is 16.5. The molecule has 4 nitrogen and oxygen atoms in total. The van der Waals surface area contributed by atoms with Crippen LogP contribution in [-0.2, 0) is 4.79 Å². The third kappa shape index (κ3) is 4.33. The Kier molecular flexibility index (Phi) is 5.77. The van der Waals surface area contributed by atoms with Crippen molar-refractivity contribution in [1.29, 1.82) is 0 Å². The van der Waals surface area contributed by atoms with Gasteiger partial charge in [0.25, 0.3) is 0 Å². The summed E-state index contributed by atoms with van der Waals surface area (Å²) in [5.41, 5.74) is 8.84. The Balaban J connectivity index is 2.33. The molecule has 0 spiro atoms. The van der Waals surface area contributed by atoms with Crippen LogP contribution in [0.4, 0.5) is 0 Å². The standard InChI is InChI=1S/C19H24N2O2/c1-13-4-6-15(7-5-13)18(21-19(22)14(2)12-20)16-8-10-17(23-3)11-9-16/h4-11,14,18H,12,20H2,1-3H3,(H,21,22). The molecule has 0 fully saturated rings. The number of hydrogen-bond acceptors (Lipinski definition) is 3. The molecule has 4 heteroatoms. The van der Waals surface area contributed by atoms with Crippen LogP contribution in [0, 0.1) is 12.8 Å². The van der Waals surface area contributed by atoms with E-state index < -0.39 is 0 Å². The van der Waals surface area contributed by atoms with Gasteiger partial charge in [-0.15, -0.1) is 0 Å². The monoisotopic (exact) mass is 312 g/mol. The molecule has 0 aliphatic heterocycles. The lowest BCUT2D eigenvalue weighted by Crippen LogP contribution is -2.36. The number of nitrogens with one attached hydrogen (secondary N) is 1. The predicted molar refractivity (Wildman–Crippen MR) is 92.4 cm³/mol. The molecule has 23 heavy (non-hydrogen) atoms. The number of methoxy groups -OCH3 is 1. The zero-order valence-electron chi connectivity index (χ0n) is 13.9. The molecule has 3 N–H and O–H groups in total. The number of aryl methyl sites for hydroxylation is 1. The second kappa shape index (κ2) is 7.79. The summed E-state index contributed by atoms with van der Waals surface area (Å²) in [6, 6.07) is 15.7. The van der Waals surface area contributed by atoms with Crippen molar-refractivity contribution in [3.63, 3.8) is 0 Å². The third-order valence-corrected chi connectivity index (χ3v) is 3.95. The van der Waals surface area contributed by atoms with Gasteiger partial charge in [-0.1, -0.05) is 48.9 Å². The van der Waals surface area contributed by atoms with Crippen molar-refractivity contribution >= 4 is 5.91 Å². The van der Waals surface area contributed by atoms with Crippen molar-refractivity contribution in [2.45, 2.75) is 19.9 Å². The van der Waals surface area contributed by atoms with Crippen molar-refractivity contribution in [2.24, 2.45) is 11.7 Å². The first-order valence-electron chi connectivity index (χ1n) is 7.76. The average Bonchev–Trinajstić information content (AvgIpc) is 2.59.